The minimum atomic E-state index is 0.0526. The minimum Gasteiger partial charge on any atom is -0.463 e. The molecule has 1 saturated heterocycles. The van der Waals surface area contributed by atoms with Gasteiger partial charge in [-0.05, 0) is 32.1 Å². The van der Waals surface area contributed by atoms with Crippen LogP contribution in [0.2, 0.25) is 0 Å². The quantitative estimate of drug-likeness (QED) is 0.803. The van der Waals surface area contributed by atoms with Crippen LogP contribution in [0, 0.1) is 6.92 Å². The van der Waals surface area contributed by atoms with Crippen molar-refractivity contribution in [3.63, 3.8) is 0 Å². The summed E-state index contributed by atoms with van der Waals surface area (Å²) in [5, 5.41) is 0.0526. The van der Waals surface area contributed by atoms with E-state index in [1.165, 1.54) is 0 Å². The number of carbonyl (C=O) groups excluding carboxylic acids is 1. The number of hydrogen-bond acceptors (Lipinski definition) is 4. The Hall–Kier alpha value is -0.940. The molecule has 0 bridgehead atoms. The Morgan fingerprint density at radius 3 is 2.74 bits per heavy atom. The Balaban J connectivity index is 2.01. The molecule has 2 rings (SSSR count). The molecule has 5 heteroatoms. The van der Waals surface area contributed by atoms with Gasteiger partial charge < -0.3 is 14.2 Å². The van der Waals surface area contributed by atoms with Gasteiger partial charge in [0.25, 0.3) is 0 Å². The first-order valence-electron chi connectivity index (χ1n) is 6.85. The Labute approximate surface area is 119 Å². The third kappa shape index (κ3) is 3.34. The van der Waals surface area contributed by atoms with E-state index in [1.807, 2.05) is 24.0 Å². The lowest BCUT2D eigenvalue weighted by molar-refractivity contribution is -0.128. The van der Waals surface area contributed by atoms with Crippen molar-refractivity contribution in [3.05, 3.63) is 23.7 Å². The second-order valence-corrected chi connectivity index (χ2v) is 5.79. The Bertz CT molecular complexity index is 429. The van der Waals surface area contributed by atoms with Crippen LogP contribution < -0.4 is 0 Å². The molecule has 1 aromatic rings. The fourth-order valence-corrected chi connectivity index (χ4v) is 3.47. The van der Waals surface area contributed by atoms with E-state index in [-0.39, 0.29) is 11.3 Å². The number of thioether (sulfide) groups is 1. The van der Waals surface area contributed by atoms with Crippen molar-refractivity contribution in [2.24, 2.45) is 0 Å². The average molecular weight is 282 g/mol. The van der Waals surface area contributed by atoms with Crippen LogP contribution in [0.1, 0.15) is 30.7 Å². The number of furan rings is 1. The van der Waals surface area contributed by atoms with E-state index in [4.69, 9.17) is 4.42 Å². The predicted molar refractivity (Wildman–Crippen MR) is 78.1 cm³/mol. The molecule has 0 aliphatic carbocycles. The number of rotatable bonds is 6. The molecule has 2 heterocycles. The topological polar surface area (TPSA) is 36.7 Å². The zero-order valence-corrected chi connectivity index (χ0v) is 12.7. The zero-order chi connectivity index (χ0) is 13.8. The Morgan fingerprint density at radius 1 is 1.42 bits per heavy atom. The van der Waals surface area contributed by atoms with Crippen LogP contribution in [0.3, 0.4) is 0 Å². The molecular weight excluding hydrogens is 260 g/mol. The third-order valence-electron chi connectivity index (χ3n) is 3.52. The number of amides is 1. The molecule has 1 unspecified atom stereocenters. The largest absolute Gasteiger partial charge is 0.463 e. The molecule has 1 aliphatic rings. The maximum atomic E-state index is 12.0. The summed E-state index contributed by atoms with van der Waals surface area (Å²) in [6.07, 6.45) is 0. The first kappa shape index (κ1) is 14.5. The lowest BCUT2D eigenvalue weighted by Gasteiger charge is -2.26. The highest BCUT2D eigenvalue weighted by molar-refractivity contribution is 8.00. The molecule has 0 saturated carbocycles. The van der Waals surface area contributed by atoms with Crippen molar-refractivity contribution in [1.82, 2.24) is 9.80 Å². The van der Waals surface area contributed by atoms with Crippen LogP contribution in [-0.4, -0.2) is 47.6 Å². The smallest absolute Gasteiger partial charge is 0.233 e. The number of carbonyl (C=O) groups is 1. The van der Waals surface area contributed by atoms with E-state index in [2.05, 4.69) is 18.7 Å². The predicted octanol–water partition coefficient (Wildman–Crippen LogP) is 2.50. The minimum absolute atomic E-state index is 0.0526. The number of nitrogens with zero attached hydrogens (tertiary/aromatic N) is 2. The summed E-state index contributed by atoms with van der Waals surface area (Å²) in [5.74, 6) is 2.57. The van der Waals surface area contributed by atoms with Gasteiger partial charge in [-0.2, -0.15) is 0 Å². The summed E-state index contributed by atoms with van der Waals surface area (Å²) >= 11 is 1.66. The van der Waals surface area contributed by atoms with E-state index >= 15 is 0 Å². The van der Waals surface area contributed by atoms with E-state index in [0.717, 1.165) is 37.7 Å². The van der Waals surface area contributed by atoms with Gasteiger partial charge in [0.2, 0.25) is 5.91 Å². The van der Waals surface area contributed by atoms with Crippen LogP contribution >= 0.6 is 11.8 Å². The van der Waals surface area contributed by atoms with Crippen molar-refractivity contribution in [2.75, 3.05) is 31.9 Å². The SMILES string of the molecule is CCN(CC)CCN1C(=O)CSC1c1ccc(C)o1. The normalized spacial score (nSPS) is 19.7. The van der Waals surface area contributed by atoms with Crippen molar-refractivity contribution in [1.29, 1.82) is 0 Å². The lowest BCUT2D eigenvalue weighted by Crippen LogP contribution is -2.37. The van der Waals surface area contributed by atoms with Crippen LogP contribution in [0.4, 0.5) is 0 Å². The monoisotopic (exact) mass is 282 g/mol. The maximum absolute atomic E-state index is 12.0. The van der Waals surface area contributed by atoms with Crippen molar-refractivity contribution in [2.45, 2.75) is 26.1 Å². The van der Waals surface area contributed by atoms with Gasteiger partial charge in [0.15, 0.2) is 0 Å². The number of likely N-dealkylation sites (N-methyl/N-ethyl adjacent to an activating group) is 1. The van der Waals surface area contributed by atoms with Gasteiger partial charge in [-0.15, -0.1) is 11.8 Å². The van der Waals surface area contributed by atoms with Crippen molar-refractivity contribution >= 4 is 17.7 Å². The standard InChI is InChI=1S/C14H22N2O2S/c1-4-15(5-2)8-9-16-13(17)10-19-14(16)12-7-6-11(3)18-12/h6-7,14H,4-5,8-10H2,1-3H3. The fourth-order valence-electron chi connectivity index (χ4n) is 2.31. The van der Waals surface area contributed by atoms with Gasteiger partial charge in [-0.1, -0.05) is 13.8 Å². The summed E-state index contributed by atoms with van der Waals surface area (Å²) < 4.78 is 5.68. The molecule has 0 aromatic carbocycles. The lowest BCUT2D eigenvalue weighted by atomic mass is 10.3. The van der Waals surface area contributed by atoms with Crippen LogP contribution in [0.25, 0.3) is 0 Å². The van der Waals surface area contributed by atoms with Gasteiger partial charge >= 0.3 is 0 Å². The molecule has 1 atom stereocenters. The van der Waals surface area contributed by atoms with Gasteiger partial charge in [-0.25, -0.2) is 0 Å². The molecule has 4 nitrogen and oxygen atoms in total. The van der Waals surface area contributed by atoms with Crippen LogP contribution in [0.15, 0.2) is 16.5 Å². The van der Waals surface area contributed by atoms with Crippen molar-refractivity contribution < 1.29 is 9.21 Å². The van der Waals surface area contributed by atoms with Crippen LogP contribution in [-0.2, 0) is 4.79 Å². The fraction of sp³-hybridized carbons (Fsp3) is 0.643. The molecular formula is C14H22N2O2S. The second kappa shape index (κ2) is 6.48. The zero-order valence-electron chi connectivity index (χ0n) is 11.9. The molecule has 1 fully saturated rings. The van der Waals surface area contributed by atoms with Crippen LogP contribution in [0.5, 0.6) is 0 Å². The molecule has 0 spiro atoms. The summed E-state index contributed by atoms with van der Waals surface area (Å²) in [5.41, 5.74) is 0. The molecule has 1 aromatic heterocycles. The number of aryl methyl sites for hydroxylation is 1. The highest BCUT2D eigenvalue weighted by Gasteiger charge is 2.34. The molecule has 1 amide bonds. The first-order chi connectivity index (χ1) is 9.15. The molecule has 1 aliphatic heterocycles. The Kier molecular flexibility index (Phi) is 4.93. The number of hydrogen-bond donors (Lipinski definition) is 0. The molecule has 106 valence electrons. The van der Waals surface area contributed by atoms with E-state index < -0.39 is 0 Å². The molecule has 0 radical (unpaired) electrons. The second-order valence-electron chi connectivity index (χ2n) is 4.73. The summed E-state index contributed by atoms with van der Waals surface area (Å²) in [4.78, 5) is 16.3. The third-order valence-corrected chi connectivity index (χ3v) is 4.74. The van der Waals surface area contributed by atoms with Gasteiger partial charge in [-0.3, -0.25) is 4.79 Å². The first-order valence-corrected chi connectivity index (χ1v) is 7.90. The Morgan fingerprint density at radius 2 is 2.16 bits per heavy atom. The molecule has 19 heavy (non-hydrogen) atoms. The van der Waals surface area contributed by atoms with Gasteiger partial charge in [0.1, 0.15) is 16.9 Å². The highest BCUT2D eigenvalue weighted by atomic mass is 32.2. The van der Waals surface area contributed by atoms with Crippen molar-refractivity contribution in [3.8, 4) is 0 Å². The highest BCUT2D eigenvalue weighted by Crippen LogP contribution is 2.38. The summed E-state index contributed by atoms with van der Waals surface area (Å²) in [6.45, 7) is 9.99. The summed E-state index contributed by atoms with van der Waals surface area (Å²) in [7, 11) is 0. The van der Waals surface area contributed by atoms with Gasteiger partial charge in [0.05, 0.1) is 5.75 Å². The van der Waals surface area contributed by atoms with E-state index in [0.29, 0.717) is 5.75 Å². The van der Waals surface area contributed by atoms with Gasteiger partial charge in [0, 0.05) is 13.1 Å². The maximum Gasteiger partial charge on any atom is 0.233 e. The van der Waals surface area contributed by atoms with E-state index in [9.17, 15) is 4.79 Å². The summed E-state index contributed by atoms with van der Waals surface area (Å²) in [6, 6.07) is 3.94. The molecule has 0 N–H and O–H groups in total. The average Bonchev–Trinajstić information content (AvgIpc) is 2.98. The van der Waals surface area contributed by atoms with E-state index in [1.54, 1.807) is 11.8 Å².